The molecular weight excluding hydrogens is 328 g/mol. The van der Waals surface area contributed by atoms with Crippen LogP contribution in [0.1, 0.15) is 23.6 Å². The van der Waals surface area contributed by atoms with Gasteiger partial charge < -0.3 is 9.80 Å². The van der Waals surface area contributed by atoms with Crippen LogP contribution in [0, 0.1) is 20.8 Å². The van der Waals surface area contributed by atoms with E-state index in [2.05, 4.69) is 29.9 Å². The highest BCUT2D eigenvalue weighted by Crippen LogP contribution is 2.39. The highest BCUT2D eigenvalue weighted by atomic mass is 15.4. The molecule has 134 valence electrons. The highest BCUT2D eigenvalue weighted by Gasteiger charge is 2.46. The lowest BCUT2D eigenvalue weighted by Gasteiger charge is -2.57. The molecule has 3 aliphatic rings. The van der Waals surface area contributed by atoms with Crippen LogP contribution in [0.4, 0.5) is 11.8 Å². The summed E-state index contributed by atoms with van der Waals surface area (Å²) in [4.78, 5) is 23.3. The number of anilines is 2. The second-order valence-electron chi connectivity index (χ2n) is 7.41. The van der Waals surface area contributed by atoms with Gasteiger partial charge >= 0.3 is 0 Å². The molecule has 6 rings (SSSR count). The van der Waals surface area contributed by atoms with E-state index in [1.165, 1.54) is 6.42 Å². The maximum absolute atomic E-state index is 4.76. The van der Waals surface area contributed by atoms with Crippen LogP contribution in [0.3, 0.4) is 0 Å². The number of nitrogens with zero attached hydrogens (tertiary/aromatic N) is 8. The standard InChI is InChI=1S/C18H22N8/c1-10-5-11(2)21-18(20-10)25-8-13-6-14(9-25)26(13)17-15-7-19-24(4)16(15)22-12(3)23-17/h5,7,13-14H,6,8-9H2,1-4H3. The van der Waals surface area contributed by atoms with Crippen molar-refractivity contribution in [1.29, 1.82) is 0 Å². The van der Waals surface area contributed by atoms with Crippen molar-refractivity contribution in [3.05, 3.63) is 29.5 Å². The fourth-order valence-electron chi connectivity index (χ4n) is 4.28. The number of hydrogen-bond donors (Lipinski definition) is 0. The van der Waals surface area contributed by atoms with Crippen molar-refractivity contribution >= 4 is 22.8 Å². The minimum Gasteiger partial charge on any atom is -0.346 e. The molecule has 0 N–H and O–H groups in total. The number of aryl methyl sites for hydroxylation is 4. The second kappa shape index (κ2) is 5.36. The molecule has 0 aliphatic carbocycles. The van der Waals surface area contributed by atoms with Crippen molar-refractivity contribution in [1.82, 2.24) is 29.7 Å². The number of piperazine rings is 1. The quantitative estimate of drug-likeness (QED) is 0.694. The maximum atomic E-state index is 4.76. The van der Waals surface area contributed by atoms with Gasteiger partial charge in [-0.05, 0) is 33.3 Å². The monoisotopic (exact) mass is 350 g/mol. The van der Waals surface area contributed by atoms with Crippen molar-refractivity contribution in [2.45, 2.75) is 39.3 Å². The molecule has 3 fully saturated rings. The van der Waals surface area contributed by atoms with E-state index in [0.717, 1.165) is 53.1 Å². The number of fused-ring (bicyclic) bond motifs is 3. The number of hydrogen-bond acceptors (Lipinski definition) is 7. The molecule has 3 aromatic heterocycles. The van der Waals surface area contributed by atoms with E-state index in [0.29, 0.717) is 12.1 Å². The zero-order chi connectivity index (χ0) is 18.0. The Hall–Kier alpha value is -2.77. The Morgan fingerprint density at radius 2 is 1.65 bits per heavy atom. The Bertz CT molecular complexity index is 978. The van der Waals surface area contributed by atoms with E-state index in [-0.39, 0.29) is 0 Å². The molecule has 0 saturated carbocycles. The van der Waals surface area contributed by atoms with Crippen LogP contribution in [0.2, 0.25) is 0 Å². The van der Waals surface area contributed by atoms with E-state index >= 15 is 0 Å². The molecule has 0 spiro atoms. The summed E-state index contributed by atoms with van der Waals surface area (Å²) in [5.41, 5.74) is 2.94. The van der Waals surface area contributed by atoms with Crippen molar-refractivity contribution in [2.24, 2.45) is 7.05 Å². The summed E-state index contributed by atoms with van der Waals surface area (Å²) < 4.78 is 1.82. The lowest BCUT2D eigenvalue weighted by molar-refractivity contribution is 0.287. The third-order valence-corrected chi connectivity index (χ3v) is 5.37. The van der Waals surface area contributed by atoms with E-state index in [1.54, 1.807) is 0 Å². The highest BCUT2D eigenvalue weighted by molar-refractivity contribution is 5.88. The minimum absolute atomic E-state index is 0.427. The molecule has 6 heterocycles. The van der Waals surface area contributed by atoms with Crippen molar-refractivity contribution in [3.63, 3.8) is 0 Å². The minimum atomic E-state index is 0.427. The first-order valence-corrected chi connectivity index (χ1v) is 9.01. The zero-order valence-corrected chi connectivity index (χ0v) is 15.5. The first-order chi connectivity index (χ1) is 12.5. The second-order valence-corrected chi connectivity index (χ2v) is 7.41. The van der Waals surface area contributed by atoms with Gasteiger partial charge in [0.2, 0.25) is 5.95 Å². The first-order valence-electron chi connectivity index (χ1n) is 9.01. The van der Waals surface area contributed by atoms with Gasteiger partial charge in [-0.1, -0.05) is 0 Å². The summed E-state index contributed by atoms with van der Waals surface area (Å²) >= 11 is 0. The molecule has 0 radical (unpaired) electrons. The molecule has 3 aliphatic heterocycles. The Morgan fingerprint density at radius 3 is 2.35 bits per heavy atom. The molecule has 2 unspecified atom stereocenters. The number of rotatable bonds is 2. The van der Waals surface area contributed by atoms with Gasteiger partial charge in [0.15, 0.2) is 5.65 Å². The van der Waals surface area contributed by atoms with Gasteiger partial charge in [-0.2, -0.15) is 5.10 Å². The predicted molar refractivity (Wildman–Crippen MR) is 99.4 cm³/mol. The molecule has 26 heavy (non-hydrogen) atoms. The number of piperidine rings is 1. The lowest BCUT2D eigenvalue weighted by Crippen LogP contribution is -2.69. The first kappa shape index (κ1) is 15.5. The molecule has 8 heteroatoms. The molecule has 3 aromatic rings. The Morgan fingerprint density at radius 1 is 0.962 bits per heavy atom. The normalized spacial score (nSPS) is 22.0. The average molecular weight is 350 g/mol. The topological polar surface area (TPSA) is 75.9 Å². The summed E-state index contributed by atoms with van der Waals surface area (Å²) in [6, 6.07) is 2.87. The van der Waals surface area contributed by atoms with Gasteiger partial charge in [-0.3, -0.25) is 4.68 Å². The van der Waals surface area contributed by atoms with Crippen LogP contribution in [-0.4, -0.2) is 54.9 Å². The summed E-state index contributed by atoms with van der Waals surface area (Å²) in [6.45, 7) is 7.84. The molecular formula is C18H22N8. The van der Waals surface area contributed by atoms with E-state index in [4.69, 9.17) is 4.98 Å². The van der Waals surface area contributed by atoms with Crippen LogP contribution >= 0.6 is 0 Å². The summed E-state index contributed by atoms with van der Waals surface area (Å²) in [5.74, 6) is 2.65. The van der Waals surface area contributed by atoms with Crippen molar-refractivity contribution < 1.29 is 0 Å². The molecule has 2 atom stereocenters. The molecule has 0 aromatic carbocycles. The maximum Gasteiger partial charge on any atom is 0.225 e. The average Bonchev–Trinajstić information content (AvgIpc) is 2.95. The smallest absolute Gasteiger partial charge is 0.225 e. The van der Waals surface area contributed by atoms with Gasteiger partial charge in [0.1, 0.15) is 11.6 Å². The summed E-state index contributed by atoms with van der Waals surface area (Å²) in [6.07, 6.45) is 3.06. The van der Waals surface area contributed by atoms with Crippen molar-refractivity contribution in [2.75, 3.05) is 22.9 Å². The number of aromatic nitrogens is 6. The Balaban J connectivity index is 1.47. The fraction of sp³-hybridized carbons (Fsp3) is 0.500. The fourth-order valence-corrected chi connectivity index (χ4v) is 4.28. The SMILES string of the molecule is Cc1cc(C)nc(N2CC3CC(C2)N3c2nc(C)nc3c2cnn3C)n1. The lowest BCUT2D eigenvalue weighted by atomic mass is 9.87. The van der Waals surface area contributed by atoms with E-state index in [9.17, 15) is 0 Å². The van der Waals surface area contributed by atoms with Crippen LogP contribution in [0.15, 0.2) is 12.3 Å². The van der Waals surface area contributed by atoms with Crippen LogP contribution in [-0.2, 0) is 7.05 Å². The molecule has 8 nitrogen and oxygen atoms in total. The third-order valence-electron chi connectivity index (χ3n) is 5.37. The van der Waals surface area contributed by atoms with Crippen LogP contribution < -0.4 is 9.80 Å². The van der Waals surface area contributed by atoms with Gasteiger partial charge in [0.05, 0.1) is 23.7 Å². The predicted octanol–water partition coefficient (Wildman–Crippen LogP) is 1.55. The van der Waals surface area contributed by atoms with E-state index in [1.807, 2.05) is 44.8 Å². The Kier molecular flexibility index (Phi) is 3.19. The molecule has 2 bridgehead atoms. The van der Waals surface area contributed by atoms with E-state index < -0.39 is 0 Å². The van der Waals surface area contributed by atoms with Gasteiger partial charge in [-0.15, -0.1) is 0 Å². The van der Waals surface area contributed by atoms with Crippen LogP contribution in [0.5, 0.6) is 0 Å². The largest absolute Gasteiger partial charge is 0.346 e. The Labute approximate surface area is 151 Å². The van der Waals surface area contributed by atoms with Gasteiger partial charge in [0, 0.05) is 31.5 Å². The molecule has 3 saturated heterocycles. The van der Waals surface area contributed by atoms with Gasteiger partial charge in [-0.25, -0.2) is 19.9 Å². The molecule has 0 amide bonds. The summed E-state index contributed by atoms with van der Waals surface area (Å²) in [5, 5.41) is 5.40. The third kappa shape index (κ3) is 2.24. The van der Waals surface area contributed by atoms with Gasteiger partial charge in [0.25, 0.3) is 0 Å². The zero-order valence-electron chi connectivity index (χ0n) is 15.5. The summed E-state index contributed by atoms with van der Waals surface area (Å²) in [7, 11) is 1.93. The van der Waals surface area contributed by atoms with Crippen molar-refractivity contribution in [3.8, 4) is 0 Å². The van der Waals surface area contributed by atoms with Crippen LogP contribution in [0.25, 0.3) is 11.0 Å².